The molecule has 0 radical (unpaired) electrons. The van der Waals surface area contributed by atoms with Gasteiger partial charge in [0.2, 0.25) is 0 Å². The van der Waals surface area contributed by atoms with Gasteiger partial charge in [-0.1, -0.05) is 0 Å². The summed E-state index contributed by atoms with van der Waals surface area (Å²) in [7, 11) is 2.21. The maximum absolute atomic E-state index is 9.97. The van der Waals surface area contributed by atoms with Crippen LogP contribution in [0.2, 0.25) is 0 Å². The Morgan fingerprint density at radius 2 is 2.00 bits per heavy atom. The van der Waals surface area contributed by atoms with E-state index >= 15 is 0 Å². The molecule has 2 heteroatoms. The van der Waals surface area contributed by atoms with Crippen molar-refractivity contribution < 1.29 is 5.11 Å². The summed E-state index contributed by atoms with van der Waals surface area (Å²) >= 11 is 0. The standard InChI is InChI=1S/C11H19NO/c1-12-8-3-4-9-7(6-8)2-5-10(13)11(9)12/h7-11,13H,2-6H2,1H3/t7?,8-,9?,10-,11?/m0/s1. The van der Waals surface area contributed by atoms with E-state index in [-0.39, 0.29) is 6.10 Å². The van der Waals surface area contributed by atoms with Gasteiger partial charge in [-0.3, -0.25) is 4.90 Å². The van der Waals surface area contributed by atoms with E-state index in [1.54, 1.807) is 0 Å². The highest BCUT2D eigenvalue weighted by molar-refractivity contribution is 5.03. The summed E-state index contributed by atoms with van der Waals surface area (Å²) in [6.07, 6.45) is 6.46. The van der Waals surface area contributed by atoms with Gasteiger partial charge in [0.15, 0.2) is 0 Å². The van der Waals surface area contributed by atoms with E-state index in [2.05, 4.69) is 11.9 Å². The third-order valence-corrected chi connectivity index (χ3v) is 4.73. The minimum Gasteiger partial charge on any atom is -0.391 e. The van der Waals surface area contributed by atoms with Crippen molar-refractivity contribution in [1.29, 1.82) is 0 Å². The first kappa shape index (κ1) is 8.25. The lowest BCUT2D eigenvalue weighted by atomic mass is 9.61. The minimum absolute atomic E-state index is 0.0330. The number of aliphatic hydroxyl groups excluding tert-OH is 1. The molecule has 0 amide bonds. The van der Waals surface area contributed by atoms with Crippen LogP contribution in [0.1, 0.15) is 32.1 Å². The van der Waals surface area contributed by atoms with Crippen molar-refractivity contribution in [2.24, 2.45) is 11.8 Å². The lowest BCUT2D eigenvalue weighted by Gasteiger charge is -2.58. The fraction of sp³-hybridized carbons (Fsp3) is 1.00. The number of aliphatic hydroxyl groups is 1. The average molecular weight is 181 g/mol. The molecule has 2 aliphatic heterocycles. The monoisotopic (exact) mass is 181 g/mol. The molecule has 2 aliphatic carbocycles. The molecule has 0 aromatic carbocycles. The molecule has 2 heterocycles. The first-order valence-corrected chi connectivity index (χ1v) is 5.67. The van der Waals surface area contributed by atoms with E-state index in [4.69, 9.17) is 0 Å². The van der Waals surface area contributed by atoms with Gasteiger partial charge in [0, 0.05) is 12.1 Å². The first-order valence-electron chi connectivity index (χ1n) is 5.67. The Bertz CT molecular complexity index is 218. The fourth-order valence-corrected chi connectivity index (χ4v) is 4.07. The highest BCUT2D eigenvalue weighted by Gasteiger charge is 2.50. The molecule has 2 saturated heterocycles. The van der Waals surface area contributed by atoms with Crippen LogP contribution >= 0.6 is 0 Å². The van der Waals surface area contributed by atoms with Crippen molar-refractivity contribution in [3.63, 3.8) is 0 Å². The molecule has 2 nitrogen and oxygen atoms in total. The van der Waals surface area contributed by atoms with E-state index in [0.29, 0.717) is 6.04 Å². The summed E-state index contributed by atoms with van der Waals surface area (Å²) < 4.78 is 0. The van der Waals surface area contributed by atoms with Crippen LogP contribution in [0.5, 0.6) is 0 Å². The number of hydrogen-bond acceptors (Lipinski definition) is 2. The Balaban J connectivity index is 1.92. The van der Waals surface area contributed by atoms with Crippen LogP contribution in [-0.4, -0.2) is 35.2 Å². The second-order valence-electron chi connectivity index (χ2n) is 5.19. The molecule has 4 aliphatic rings. The second kappa shape index (κ2) is 2.71. The maximum atomic E-state index is 9.97. The van der Waals surface area contributed by atoms with Gasteiger partial charge < -0.3 is 5.11 Å². The molecule has 1 N–H and O–H groups in total. The zero-order valence-corrected chi connectivity index (χ0v) is 8.32. The normalized spacial score (nSPS) is 55.4. The summed E-state index contributed by atoms with van der Waals surface area (Å²) in [5.41, 5.74) is 0. The molecule has 13 heavy (non-hydrogen) atoms. The lowest BCUT2D eigenvalue weighted by Crippen LogP contribution is -2.63. The third kappa shape index (κ3) is 1.02. The van der Waals surface area contributed by atoms with Gasteiger partial charge in [-0.05, 0) is 51.0 Å². The van der Waals surface area contributed by atoms with Crippen molar-refractivity contribution in [1.82, 2.24) is 4.90 Å². The van der Waals surface area contributed by atoms with Crippen LogP contribution in [0.3, 0.4) is 0 Å². The van der Waals surface area contributed by atoms with Crippen LogP contribution in [-0.2, 0) is 0 Å². The summed E-state index contributed by atoms with van der Waals surface area (Å²) in [4.78, 5) is 2.47. The molecular formula is C11H19NO. The van der Waals surface area contributed by atoms with Crippen LogP contribution in [0, 0.1) is 11.8 Å². The van der Waals surface area contributed by atoms with Crippen LogP contribution in [0.15, 0.2) is 0 Å². The number of nitrogens with zero attached hydrogens (tertiary/aromatic N) is 1. The minimum atomic E-state index is -0.0330. The van der Waals surface area contributed by atoms with Gasteiger partial charge in [0.05, 0.1) is 6.10 Å². The van der Waals surface area contributed by atoms with E-state index < -0.39 is 0 Å². The van der Waals surface area contributed by atoms with Crippen LogP contribution in [0.4, 0.5) is 0 Å². The number of likely N-dealkylation sites (N-methyl/N-ethyl adjacent to an activating group) is 1. The van der Waals surface area contributed by atoms with Gasteiger partial charge in [0.25, 0.3) is 0 Å². The smallest absolute Gasteiger partial charge is 0.0698 e. The highest BCUT2D eigenvalue weighted by Crippen LogP contribution is 2.49. The number of piperidine rings is 2. The summed E-state index contributed by atoms with van der Waals surface area (Å²) in [5, 5.41) is 9.97. The van der Waals surface area contributed by atoms with Crippen molar-refractivity contribution in [3.8, 4) is 0 Å². The Hall–Kier alpha value is -0.0800. The molecule has 0 aromatic heterocycles. The first-order chi connectivity index (χ1) is 6.27. The Labute approximate surface area is 79.9 Å². The van der Waals surface area contributed by atoms with Crippen molar-refractivity contribution in [3.05, 3.63) is 0 Å². The van der Waals surface area contributed by atoms with E-state index in [1.807, 2.05) is 0 Å². The van der Waals surface area contributed by atoms with Crippen molar-refractivity contribution in [2.45, 2.75) is 50.3 Å². The fourth-order valence-electron chi connectivity index (χ4n) is 4.07. The maximum Gasteiger partial charge on any atom is 0.0698 e. The second-order valence-corrected chi connectivity index (χ2v) is 5.19. The van der Waals surface area contributed by atoms with E-state index in [0.717, 1.165) is 24.3 Å². The third-order valence-electron chi connectivity index (χ3n) is 4.73. The van der Waals surface area contributed by atoms with E-state index in [1.165, 1.54) is 25.7 Å². The molecule has 74 valence electrons. The topological polar surface area (TPSA) is 23.5 Å². The average Bonchev–Trinajstić information content (AvgIpc) is 2.15. The van der Waals surface area contributed by atoms with Crippen LogP contribution in [0.25, 0.3) is 0 Å². The molecule has 4 rings (SSSR count). The molecule has 0 aromatic rings. The molecule has 4 bridgehead atoms. The Morgan fingerprint density at radius 1 is 1.15 bits per heavy atom. The van der Waals surface area contributed by atoms with Gasteiger partial charge in [-0.2, -0.15) is 0 Å². The largest absolute Gasteiger partial charge is 0.391 e. The molecule has 3 unspecified atom stereocenters. The number of rotatable bonds is 0. The molecule has 5 atom stereocenters. The number of hydrogen-bond donors (Lipinski definition) is 1. The van der Waals surface area contributed by atoms with Gasteiger partial charge in [-0.15, -0.1) is 0 Å². The van der Waals surface area contributed by atoms with Crippen molar-refractivity contribution in [2.75, 3.05) is 7.05 Å². The summed E-state index contributed by atoms with van der Waals surface area (Å²) in [5.74, 6) is 1.77. The molecule has 0 spiro atoms. The lowest BCUT2D eigenvalue weighted by molar-refractivity contribution is -0.117. The van der Waals surface area contributed by atoms with Gasteiger partial charge >= 0.3 is 0 Å². The van der Waals surface area contributed by atoms with Gasteiger partial charge in [-0.25, -0.2) is 0 Å². The molecular weight excluding hydrogens is 162 g/mol. The Morgan fingerprint density at radius 3 is 2.77 bits per heavy atom. The molecule has 2 saturated carbocycles. The Kier molecular flexibility index (Phi) is 1.72. The van der Waals surface area contributed by atoms with E-state index in [9.17, 15) is 5.11 Å². The van der Waals surface area contributed by atoms with Gasteiger partial charge in [0.1, 0.15) is 0 Å². The summed E-state index contributed by atoms with van der Waals surface area (Å²) in [6.45, 7) is 0. The summed E-state index contributed by atoms with van der Waals surface area (Å²) in [6, 6.07) is 1.29. The zero-order valence-electron chi connectivity index (χ0n) is 8.32. The van der Waals surface area contributed by atoms with Crippen molar-refractivity contribution >= 4 is 0 Å². The predicted molar refractivity (Wildman–Crippen MR) is 51.4 cm³/mol. The molecule has 4 fully saturated rings. The SMILES string of the molecule is CN1C2C3CC[C@H]1CC3CC[C@@H]2O. The van der Waals surface area contributed by atoms with Crippen LogP contribution < -0.4 is 0 Å². The highest BCUT2D eigenvalue weighted by atomic mass is 16.3. The number of fused-ring (bicyclic) bond motifs is 1. The predicted octanol–water partition coefficient (Wildman–Crippen LogP) is 1.24. The zero-order chi connectivity index (χ0) is 9.00. The quantitative estimate of drug-likeness (QED) is 0.608.